The van der Waals surface area contributed by atoms with Crippen LogP contribution in [0.1, 0.15) is 36.0 Å². The summed E-state index contributed by atoms with van der Waals surface area (Å²) in [5.41, 5.74) is 0.665. The fourth-order valence-electron chi connectivity index (χ4n) is 3.22. The van der Waals surface area contributed by atoms with Crippen molar-refractivity contribution in [2.24, 2.45) is 0 Å². The first-order valence-electron chi connectivity index (χ1n) is 9.17. The van der Waals surface area contributed by atoms with Gasteiger partial charge in [0.1, 0.15) is 5.75 Å². The maximum Gasteiger partial charge on any atom is 0.259 e. The van der Waals surface area contributed by atoms with Gasteiger partial charge in [0.15, 0.2) is 0 Å². The second-order valence-electron chi connectivity index (χ2n) is 6.64. The molecule has 0 atom stereocenters. The molecule has 0 bridgehead atoms. The van der Waals surface area contributed by atoms with Crippen molar-refractivity contribution in [3.8, 4) is 5.75 Å². The Morgan fingerprint density at radius 2 is 1.79 bits per heavy atom. The van der Waals surface area contributed by atoms with Gasteiger partial charge in [-0.25, -0.2) is 8.42 Å². The second kappa shape index (κ2) is 8.94. The highest BCUT2D eigenvalue weighted by Gasteiger charge is 2.27. The molecule has 1 aliphatic heterocycles. The number of hydrogen-bond acceptors (Lipinski definition) is 4. The number of nitrogens with one attached hydrogen (secondary N) is 1. The van der Waals surface area contributed by atoms with E-state index in [9.17, 15) is 13.2 Å². The minimum Gasteiger partial charge on any atom is -0.496 e. The van der Waals surface area contributed by atoms with E-state index in [0.717, 1.165) is 25.7 Å². The van der Waals surface area contributed by atoms with Crippen LogP contribution in [0.5, 0.6) is 5.75 Å². The summed E-state index contributed by atoms with van der Waals surface area (Å²) in [6.45, 7) is 0.997. The van der Waals surface area contributed by atoms with Crippen molar-refractivity contribution in [2.75, 3.05) is 25.5 Å². The monoisotopic (exact) mass is 422 g/mol. The largest absolute Gasteiger partial charge is 0.496 e. The number of methoxy groups -OCH3 is 1. The van der Waals surface area contributed by atoms with Gasteiger partial charge in [0.25, 0.3) is 5.91 Å². The number of amides is 1. The zero-order valence-electron chi connectivity index (χ0n) is 15.7. The van der Waals surface area contributed by atoms with Crippen LogP contribution < -0.4 is 10.1 Å². The van der Waals surface area contributed by atoms with Gasteiger partial charge in [0.05, 0.1) is 17.6 Å². The van der Waals surface area contributed by atoms with Crippen molar-refractivity contribution >= 4 is 33.2 Å². The van der Waals surface area contributed by atoms with E-state index in [0.29, 0.717) is 29.5 Å². The molecule has 1 N–H and O–H groups in total. The van der Waals surface area contributed by atoms with Crippen molar-refractivity contribution in [2.45, 2.75) is 30.6 Å². The number of carbonyl (C=O) groups excluding carboxylic acids is 1. The average Bonchev–Trinajstić information content (AvgIpc) is 2.97. The molecule has 28 heavy (non-hydrogen) atoms. The Bertz CT molecular complexity index is 954. The van der Waals surface area contributed by atoms with Gasteiger partial charge >= 0.3 is 0 Å². The van der Waals surface area contributed by atoms with Crippen molar-refractivity contribution in [3.05, 3.63) is 53.1 Å². The molecule has 150 valence electrons. The Morgan fingerprint density at radius 3 is 2.43 bits per heavy atom. The topological polar surface area (TPSA) is 75.7 Å². The van der Waals surface area contributed by atoms with Crippen molar-refractivity contribution in [1.29, 1.82) is 0 Å². The number of hydrogen-bond donors (Lipinski definition) is 1. The summed E-state index contributed by atoms with van der Waals surface area (Å²) < 4.78 is 32.9. The number of carbonyl (C=O) groups is 1. The van der Waals surface area contributed by atoms with Gasteiger partial charge in [0.2, 0.25) is 10.0 Å². The van der Waals surface area contributed by atoms with Crippen LogP contribution in [-0.2, 0) is 10.0 Å². The summed E-state index contributed by atoms with van der Waals surface area (Å²) >= 11 is 5.96. The first kappa shape index (κ1) is 20.6. The van der Waals surface area contributed by atoms with Gasteiger partial charge < -0.3 is 10.1 Å². The molecule has 2 aromatic carbocycles. The molecule has 0 saturated carbocycles. The van der Waals surface area contributed by atoms with E-state index in [-0.39, 0.29) is 10.5 Å². The number of nitrogens with zero attached hydrogens (tertiary/aromatic N) is 1. The van der Waals surface area contributed by atoms with Crippen LogP contribution in [0.2, 0.25) is 5.02 Å². The quantitative estimate of drug-likeness (QED) is 0.784. The molecule has 0 spiro atoms. The van der Waals surface area contributed by atoms with Crippen molar-refractivity contribution < 1.29 is 17.9 Å². The van der Waals surface area contributed by atoms with E-state index in [2.05, 4.69) is 5.32 Å². The van der Waals surface area contributed by atoms with Gasteiger partial charge in [-0.3, -0.25) is 4.79 Å². The molecule has 8 heteroatoms. The Labute approximate surface area is 170 Å². The highest BCUT2D eigenvalue weighted by atomic mass is 35.5. The lowest BCUT2D eigenvalue weighted by atomic mass is 10.2. The molecule has 6 nitrogen and oxygen atoms in total. The average molecular weight is 423 g/mol. The lowest BCUT2D eigenvalue weighted by molar-refractivity contribution is 0.102. The zero-order chi connectivity index (χ0) is 20.1. The SMILES string of the molecule is COc1ccc(S(=O)(=O)N2CCCCCC2)cc1C(=O)Nc1cccc(Cl)c1. The molecule has 1 fully saturated rings. The molecule has 0 radical (unpaired) electrons. The van der Waals surface area contributed by atoms with Crippen LogP contribution in [0.25, 0.3) is 0 Å². The predicted molar refractivity (Wildman–Crippen MR) is 110 cm³/mol. The lowest BCUT2D eigenvalue weighted by Crippen LogP contribution is -2.32. The molecule has 2 aromatic rings. The maximum absolute atomic E-state index is 13.1. The maximum atomic E-state index is 13.1. The minimum absolute atomic E-state index is 0.0893. The number of ether oxygens (including phenoxy) is 1. The van der Waals surface area contributed by atoms with Crippen LogP contribution in [-0.4, -0.2) is 38.8 Å². The number of benzene rings is 2. The first-order chi connectivity index (χ1) is 13.4. The number of anilines is 1. The summed E-state index contributed by atoms with van der Waals surface area (Å²) in [6.07, 6.45) is 3.75. The fraction of sp³-hybridized carbons (Fsp3) is 0.350. The van der Waals surface area contributed by atoms with Crippen molar-refractivity contribution in [1.82, 2.24) is 4.31 Å². The van der Waals surface area contributed by atoms with Crippen LogP contribution in [0, 0.1) is 0 Å². The fourth-order valence-corrected chi connectivity index (χ4v) is 4.95. The summed E-state index contributed by atoms with van der Waals surface area (Å²) in [7, 11) is -2.23. The van der Waals surface area contributed by atoms with Gasteiger partial charge in [-0.05, 0) is 49.2 Å². The van der Waals surface area contributed by atoms with E-state index in [1.807, 2.05) is 0 Å². The Balaban J connectivity index is 1.92. The van der Waals surface area contributed by atoms with Crippen LogP contribution in [0.3, 0.4) is 0 Å². The molecule has 1 amide bonds. The van der Waals surface area contributed by atoms with Gasteiger partial charge in [-0.2, -0.15) is 4.31 Å². The second-order valence-corrected chi connectivity index (χ2v) is 9.02. The van der Waals surface area contributed by atoms with Crippen molar-refractivity contribution in [3.63, 3.8) is 0 Å². The summed E-state index contributed by atoms with van der Waals surface area (Å²) in [4.78, 5) is 12.9. The molecular formula is C20H23ClN2O4S. The standard InChI is InChI=1S/C20H23ClN2O4S/c1-27-19-10-9-17(28(25,26)23-11-4-2-3-5-12-23)14-18(19)20(24)22-16-8-6-7-15(21)13-16/h6-10,13-14H,2-5,11-12H2,1H3,(H,22,24). The van der Waals surface area contributed by atoms with Gasteiger partial charge in [-0.1, -0.05) is 30.5 Å². The minimum atomic E-state index is -3.67. The highest BCUT2D eigenvalue weighted by Crippen LogP contribution is 2.27. The highest BCUT2D eigenvalue weighted by molar-refractivity contribution is 7.89. The molecular weight excluding hydrogens is 400 g/mol. The molecule has 1 aliphatic rings. The number of sulfonamides is 1. The smallest absolute Gasteiger partial charge is 0.259 e. The Kier molecular flexibility index (Phi) is 6.59. The normalized spacial score (nSPS) is 15.6. The summed E-state index contributed by atoms with van der Waals surface area (Å²) in [5.74, 6) is -0.165. The summed E-state index contributed by atoms with van der Waals surface area (Å²) in [6, 6.07) is 11.1. The third kappa shape index (κ3) is 4.66. The first-order valence-corrected chi connectivity index (χ1v) is 11.0. The van der Waals surface area contributed by atoms with Crippen LogP contribution >= 0.6 is 11.6 Å². The van der Waals surface area contributed by atoms with Gasteiger partial charge in [0, 0.05) is 23.8 Å². The van der Waals surface area contributed by atoms with E-state index in [1.54, 1.807) is 24.3 Å². The number of halogens is 1. The molecule has 1 saturated heterocycles. The summed E-state index contributed by atoms with van der Waals surface area (Å²) in [5, 5.41) is 3.22. The molecule has 3 rings (SSSR count). The molecule has 0 aliphatic carbocycles. The van der Waals surface area contributed by atoms with E-state index >= 15 is 0 Å². The predicted octanol–water partition coefficient (Wildman–Crippen LogP) is 4.17. The third-order valence-electron chi connectivity index (χ3n) is 4.70. The van der Waals surface area contributed by atoms with E-state index < -0.39 is 15.9 Å². The molecule has 1 heterocycles. The van der Waals surface area contributed by atoms with Crippen LogP contribution in [0.15, 0.2) is 47.4 Å². The number of rotatable bonds is 5. The lowest BCUT2D eigenvalue weighted by Gasteiger charge is -2.20. The van der Waals surface area contributed by atoms with Crippen LogP contribution in [0.4, 0.5) is 5.69 Å². The van der Waals surface area contributed by atoms with E-state index in [1.165, 1.54) is 29.6 Å². The zero-order valence-corrected chi connectivity index (χ0v) is 17.2. The van der Waals surface area contributed by atoms with Gasteiger partial charge in [-0.15, -0.1) is 0 Å². The molecule has 0 aromatic heterocycles. The Morgan fingerprint density at radius 1 is 1.07 bits per heavy atom. The van der Waals surface area contributed by atoms with E-state index in [4.69, 9.17) is 16.3 Å². The third-order valence-corrected chi connectivity index (χ3v) is 6.83. The Hall–Kier alpha value is -2.09. The molecule has 0 unspecified atom stereocenters.